The summed E-state index contributed by atoms with van der Waals surface area (Å²) >= 11 is 1.84. The van der Waals surface area contributed by atoms with Crippen LogP contribution >= 0.6 is 11.8 Å². The molecular formula is C14H14N4S. The standard InChI is InChI=1S/C14H14N4S/c1-2-4-11-8-18-12(7-10(11)3-1)9-19-14(18)16-13-5-6-15-17-13/h1-6,12H,7-9H2,(H,15,17). The van der Waals surface area contributed by atoms with Crippen LogP contribution in [0.25, 0.3) is 0 Å². The highest BCUT2D eigenvalue weighted by atomic mass is 32.2. The van der Waals surface area contributed by atoms with Gasteiger partial charge in [0.15, 0.2) is 11.0 Å². The molecule has 4 rings (SSSR count). The van der Waals surface area contributed by atoms with Crippen LogP contribution in [0.15, 0.2) is 41.5 Å². The van der Waals surface area contributed by atoms with Crippen LogP contribution < -0.4 is 0 Å². The van der Waals surface area contributed by atoms with Crippen LogP contribution in [-0.2, 0) is 13.0 Å². The van der Waals surface area contributed by atoms with Crippen molar-refractivity contribution in [2.24, 2.45) is 4.99 Å². The van der Waals surface area contributed by atoms with Gasteiger partial charge in [-0.3, -0.25) is 5.10 Å². The number of nitrogens with zero attached hydrogens (tertiary/aromatic N) is 3. The summed E-state index contributed by atoms with van der Waals surface area (Å²) in [6.45, 7) is 0.973. The van der Waals surface area contributed by atoms with Crippen LogP contribution in [0.5, 0.6) is 0 Å². The van der Waals surface area contributed by atoms with Gasteiger partial charge in [-0.15, -0.1) is 0 Å². The third-order valence-corrected chi connectivity index (χ3v) is 4.84. The van der Waals surface area contributed by atoms with E-state index in [0.717, 1.165) is 29.7 Å². The lowest BCUT2D eigenvalue weighted by atomic mass is 9.95. The Morgan fingerprint density at radius 3 is 3.00 bits per heavy atom. The normalized spacial score (nSPS) is 23.5. The smallest absolute Gasteiger partial charge is 0.166 e. The molecular weight excluding hydrogens is 256 g/mol. The number of nitrogens with one attached hydrogen (secondary N) is 1. The van der Waals surface area contributed by atoms with Gasteiger partial charge in [0.2, 0.25) is 0 Å². The molecule has 2 aliphatic heterocycles. The van der Waals surface area contributed by atoms with Gasteiger partial charge in [0.1, 0.15) is 0 Å². The number of fused-ring (bicyclic) bond motifs is 2. The van der Waals surface area contributed by atoms with Crippen LogP contribution in [-0.4, -0.2) is 32.1 Å². The predicted molar refractivity (Wildman–Crippen MR) is 77.6 cm³/mol. The molecule has 1 saturated heterocycles. The molecule has 0 saturated carbocycles. The first-order chi connectivity index (χ1) is 9.40. The molecule has 0 bridgehead atoms. The second-order valence-electron chi connectivity index (χ2n) is 4.90. The molecule has 1 N–H and O–H groups in total. The number of aromatic nitrogens is 2. The molecule has 1 atom stereocenters. The van der Waals surface area contributed by atoms with E-state index in [1.54, 1.807) is 6.20 Å². The Labute approximate surface area is 115 Å². The molecule has 96 valence electrons. The number of hydrogen-bond acceptors (Lipinski definition) is 3. The van der Waals surface area contributed by atoms with E-state index in [1.807, 2.05) is 17.8 Å². The number of aliphatic imine (C=N–C) groups is 1. The van der Waals surface area contributed by atoms with Gasteiger partial charge in [-0.25, -0.2) is 4.99 Å². The summed E-state index contributed by atoms with van der Waals surface area (Å²) in [5.74, 6) is 1.96. The first-order valence-corrected chi connectivity index (χ1v) is 7.43. The average Bonchev–Trinajstić information content (AvgIpc) is 3.08. The highest BCUT2D eigenvalue weighted by molar-refractivity contribution is 8.14. The topological polar surface area (TPSA) is 44.3 Å². The lowest BCUT2D eigenvalue weighted by Crippen LogP contribution is -2.38. The molecule has 19 heavy (non-hydrogen) atoms. The molecule has 0 aliphatic carbocycles. The van der Waals surface area contributed by atoms with Gasteiger partial charge in [0.25, 0.3) is 0 Å². The van der Waals surface area contributed by atoms with Gasteiger partial charge in [-0.2, -0.15) is 5.10 Å². The minimum atomic E-state index is 0.585. The highest BCUT2D eigenvalue weighted by Gasteiger charge is 2.34. The number of thioether (sulfide) groups is 1. The minimum Gasteiger partial charge on any atom is -0.343 e. The number of hydrogen-bond donors (Lipinski definition) is 1. The van der Waals surface area contributed by atoms with E-state index in [4.69, 9.17) is 0 Å². The van der Waals surface area contributed by atoms with Gasteiger partial charge >= 0.3 is 0 Å². The average molecular weight is 270 g/mol. The first kappa shape index (κ1) is 11.1. The largest absolute Gasteiger partial charge is 0.343 e. The summed E-state index contributed by atoms with van der Waals surface area (Å²) in [5.41, 5.74) is 2.92. The van der Waals surface area contributed by atoms with Crippen molar-refractivity contribution in [3.05, 3.63) is 47.7 Å². The fraction of sp³-hybridized carbons (Fsp3) is 0.286. The minimum absolute atomic E-state index is 0.585. The van der Waals surface area contributed by atoms with E-state index in [0.29, 0.717) is 6.04 Å². The lowest BCUT2D eigenvalue weighted by molar-refractivity contribution is 0.320. The molecule has 2 aromatic rings. The first-order valence-electron chi connectivity index (χ1n) is 6.44. The maximum Gasteiger partial charge on any atom is 0.166 e. The van der Waals surface area contributed by atoms with Crippen molar-refractivity contribution in [3.8, 4) is 0 Å². The van der Waals surface area contributed by atoms with Crippen molar-refractivity contribution in [2.75, 3.05) is 5.75 Å². The van der Waals surface area contributed by atoms with Crippen molar-refractivity contribution in [1.82, 2.24) is 15.1 Å². The fourth-order valence-electron chi connectivity index (χ4n) is 2.72. The van der Waals surface area contributed by atoms with E-state index in [2.05, 4.69) is 44.4 Å². The van der Waals surface area contributed by atoms with Crippen molar-refractivity contribution in [2.45, 2.75) is 19.0 Å². The lowest BCUT2D eigenvalue weighted by Gasteiger charge is -2.32. The van der Waals surface area contributed by atoms with Gasteiger partial charge < -0.3 is 4.90 Å². The van der Waals surface area contributed by atoms with Crippen LogP contribution in [0.4, 0.5) is 5.82 Å². The molecule has 2 aliphatic rings. The van der Waals surface area contributed by atoms with Crippen LogP contribution in [0, 0.1) is 0 Å². The molecule has 3 heterocycles. The van der Waals surface area contributed by atoms with Crippen molar-refractivity contribution in [1.29, 1.82) is 0 Å². The molecule has 1 fully saturated rings. The maximum atomic E-state index is 4.66. The summed E-state index contributed by atoms with van der Waals surface area (Å²) in [7, 11) is 0. The number of amidine groups is 1. The Morgan fingerprint density at radius 1 is 1.26 bits per heavy atom. The molecule has 4 nitrogen and oxygen atoms in total. The number of H-pyrrole nitrogens is 1. The second-order valence-corrected chi connectivity index (χ2v) is 5.89. The maximum absolute atomic E-state index is 4.66. The summed E-state index contributed by atoms with van der Waals surface area (Å²) in [6, 6.07) is 11.2. The van der Waals surface area contributed by atoms with Gasteiger partial charge in [-0.05, 0) is 17.5 Å². The molecule has 5 heteroatoms. The Hall–Kier alpha value is -1.75. The SMILES string of the molecule is c1ccc2c(c1)CC1CSC(=Nc3ccn[nH]3)N1C2. The van der Waals surface area contributed by atoms with E-state index < -0.39 is 0 Å². The predicted octanol–water partition coefficient (Wildman–Crippen LogP) is 2.57. The van der Waals surface area contributed by atoms with Gasteiger partial charge in [0, 0.05) is 24.4 Å². The zero-order chi connectivity index (χ0) is 12.7. The molecule has 1 aromatic heterocycles. The quantitative estimate of drug-likeness (QED) is 0.866. The number of benzene rings is 1. The summed E-state index contributed by atoms with van der Waals surface area (Å²) in [4.78, 5) is 7.09. The van der Waals surface area contributed by atoms with Crippen molar-refractivity contribution < 1.29 is 0 Å². The van der Waals surface area contributed by atoms with E-state index in [-0.39, 0.29) is 0 Å². The van der Waals surface area contributed by atoms with Crippen LogP contribution in [0.3, 0.4) is 0 Å². The highest BCUT2D eigenvalue weighted by Crippen LogP contribution is 2.34. The number of rotatable bonds is 1. The van der Waals surface area contributed by atoms with Gasteiger partial charge in [0.05, 0.1) is 6.20 Å². The molecule has 1 aromatic carbocycles. The Kier molecular flexibility index (Phi) is 2.58. The van der Waals surface area contributed by atoms with Gasteiger partial charge in [-0.1, -0.05) is 36.0 Å². The summed E-state index contributed by atoms with van der Waals surface area (Å²) < 4.78 is 0. The molecule has 0 spiro atoms. The van der Waals surface area contributed by atoms with E-state index in [9.17, 15) is 0 Å². The second kappa shape index (κ2) is 4.42. The van der Waals surface area contributed by atoms with Crippen LogP contribution in [0.1, 0.15) is 11.1 Å². The molecule has 1 unspecified atom stereocenters. The van der Waals surface area contributed by atoms with E-state index in [1.165, 1.54) is 11.1 Å². The monoisotopic (exact) mass is 270 g/mol. The molecule has 0 radical (unpaired) electrons. The third kappa shape index (κ3) is 1.94. The summed E-state index contributed by atoms with van der Waals surface area (Å²) in [5, 5.41) is 7.96. The Balaban J connectivity index is 1.66. The summed E-state index contributed by atoms with van der Waals surface area (Å²) in [6.07, 6.45) is 2.87. The number of aromatic amines is 1. The third-order valence-electron chi connectivity index (χ3n) is 3.71. The zero-order valence-corrected chi connectivity index (χ0v) is 11.2. The molecule has 0 amide bonds. The van der Waals surface area contributed by atoms with E-state index >= 15 is 0 Å². The Bertz CT molecular complexity index is 620. The zero-order valence-electron chi connectivity index (χ0n) is 10.4. The van der Waals surface area contributed by atoms with Crippen LogP contribution in [0.2, 0.25) is 0 Å². The fourth-order valence-corrected chi connectivity index (χ4v) is 3.91. The van der Waals surface area contributed by atoms with Crippen molar-refractivity contribution >= 4 is 22.7 Å². The van der Waals surface area contributed by atoms with Crippen molar-refractivity contribution in [3.63, 3.8) is 0 Å². The Morgan fingerprint density at radius 2 is 2.16 bits per heavy atom.